The van der Waals surface area contributed by atoms with Crippen molar-refractivity contribution in [2.45, 2.75) is 108 Å². The van der Waals surface area contributed by atoms with Crippen molar-refractivity contribution >= 4 is 35.7 Å². The molecular formula is C35H45F3N4O5SSi. The Morgan fingerprint density at radius 3 is 2.41 bits per heavy atom. The van der Waals surface area contributed by atoms with E-state index in [1.165, 1.54) is 42.5 Å². The molecule has 3 aromatic rings. The van der Waals surface area contributed by atoms with Gasteiger partial charge in [0.05, 0.1) is 22.7 Å². The number of alkyl halides is 3. The van der Waals surface area contributed by atoms with E-state index in [4.69, 9.17) is 14.3 Å². The predicted octanol–water partition coefficient (Wildman–Crippen LogP) is 8.42. The molecule has 1 amide bonds. The SMILES string of the molecule is CCCCC1=NC2(CCCC2)C(=O)N1Cc1ccc(-c2ccccc2S(=O)(=O)N(COCC[Si](C)(C)C)c2cc(C)no2)c(C(F)(F)F)c1. The fourth-order valence-corrected chi connectivity index (χ4v) is 8.55. The van der Waals surface area contributed by atoms with Gasteiger partial charge < -0.3 is 9.26 Å². The third kappa shape index (κ3) is 8.12. The predicted molar refractivity (Wildman–Crippen MR) is 185 cm³/mol. The van der Waals surface area contributed by atoms with E-state index in [0.717, 1.165) is 42.1 Å². The molecule has 2 aliphatic rings. The number of carbonyl (C=O) groups is 1. The number of amides is 1. The number of aliphatic imine (C=N–C) groups is 1. The highest BCUT2D eigenvalue weighted by Crippen LogP contribution is 2.43. The molecule has 14 heteroatoms. The van der Waals surface area contributed by atoms with Gasteiger partial charge in [0.1, 0.15) is 18.1 Å². The van der Waals surface area contributed by atoms with Crippen molar-refractivity contribution in [3.63, 3.8) is 0 Å². The minimum absolute atomic E-state index is 0.0557. The van der Waals surface area contributed by atoms with Gasteiger partial charge in [-0.3, -0.25) is 14.7 Å². The van der Waals surface area contributed by atoms with Crippen molar-refractivity contribution in [2.24, 2.45) is 4.99 Å². The molecule has 49 heavy (non-hydrogen) atoms. The number of hydrogen-bond acceptors (Lipinski definition) is 7. The number of aryl methyl sites for hydroxylation is 1. The van der Waals surface area contributed by atoms with Crippen LogP contribution in [0.25, 0.3) is 11.1 Å². The lowest BCUT2D eigenvalue weighted by atomic mass is 9.96. The first-order valence-electron chi connectivity index (χ1n) is 16.8. The molecule has 0 atom stereocenters. The molecule has 266 valence electrons. The quantitative estimate of drug-likeness (QED) is 0.0942. The number of benzene rings is 2. The molecule has 0 radical (unpaired) electrons. The lowest BCUT2D eigenvalue weighted by molar-refractivity contribution is -0.137. The zero-order valence-corrected chi connectivity index (χ0v) is 30.6. The van der Waals surface area contributed by atoms with Crippen LogP contribution >= 0.6 is 0 Å². The van der Waals surface area contributed by atoms with Gasteiger partial charge in [-0.25, -0.2) is 12.7 Å². The average Bonchev–Trinajstić information content (AvgIpc) is 3.75. The molecule has 9 nitrogen and oxygen atoms in total. The zero-order valence-electron chi connectivity index (χ0n) is 28.8. The molecular weight excluding hydrogens is 674 g/mol. The molecule has 5 rings (SSSR count). The second kappa shape index (κ2) is 14.4. The molecule has 0 N–H and O–H groups in total. The Morgan fingerprint density at radius 1 is 1.06 bits per heavy atom. The van der Waals surface area contributed by atoms with Crippen LogP contribution in [0.2, 0.25) is 25.7 Å². The summed E-state index contributed by atoms with van der Waals surface area (Å²) in [6, 6.07) is 11.6. The topological polar surface area (TPSA) is 105 Å². The van der Waals surface area contributed by atoms with Crippen LogP contribution < -0.4 is 4.31 Å². The van der Waals surface area contributed by atoms with E-state index in [2.05, 4.69) is 24.8 Å². The van der Waals surface area contributed by atoms with Gasteiger partial charge in [0, 0.05) is 32.7 Å². The second-order valence-electron chi connectivity index (χ2n) is 14.1. The number of sulfonamides is 1. The Hall–Kier alpha value is -3.49. The summed E-state index contributed by atoms with van der Waals surface area (Å²) in [6.07, 6.45) is 0.502. The van der Waals surface area contributed by atoms with Gasteiger partial charge >= 0.3 is 6.18 Å². The van der Waals surface area contributed by atoms with Crippen LogP contribution in [0, 0.1) is 6.92 Å². The number of nitrogens with zero attached hydrogens (tertiary/aromatic N) is 4. The highest BCUT2D eigenvalue weighted by molar-refractivity contribution is 7.93. The van der Waals surface area contributed by atoms with E-state index < -0.39 is 42.1 Å². The maximum absolute atomic E-state index is 14.8. The molecule has 1 spiro atoms. The number of carbonyl (C=O) groups excluding carboxylic acids is 1. The maximum Gasteiger partial charge on any atom is 0.417 e. The zero-order chi connectivity index (χ0) is 35.6. The summed E-state index contributed by atoms with van der Waals surface area (Å²) in [7, 11) is -6.01. The van der Waals surface area contributed by atoms with E-state index in [1.807, 2.05) is 6.92 Å². The summed E-state index contributed by atoms with van der Waals surface area (Å²) in [4.78, 5) is 19.7. The second-order valence-corrected chi connectivity index (χ2v) is 21.6. The van der Waals surface area contributed by atoms with E-state index in [-0.39, 0.29) is 39.9 Å². The van der Waals surface area contributed by atoms with Gasteiger partial charge in [-0.2, -0.15) is 13.2 Å². The van der Waals surface area contributed by atoms with Crippen molar-refractivity contribution in [1.29, 1.82) is 0 Å². The molecule has 1 aliphatic carbocycles. The highest BCUT2D eigenvalue weighted by atomic mass is 32.2. The number of hydrogen-bond donors (Lipinski definition) is 0. The van der Waals surface area contributed by atoms with Crippen LogP contribution in [-0.2, 0) is 32.3 Å². The molecule has 1 aliphatic heterocycles. The van der Waals surface area contributed by atoms with Crippen LogP contribution in [-0.4, -0.2) is 57.2 Å². The van der Waals surface area contributed by atoms with Gasteiger partial charge in [0.15, 0.2) is 0 Å². The Labute approximate surface area is 287 Å². The summed E-state index contributed by atoms with van der Waals surface area (Å²) >= 11 is 0. The van der Waals surface area contributed by atoms with E-state index in [9.17, 15) is 26.4 Å². The van der Waals surface area contributed by atoms with Crippen molar-refractivity contribution in [3.8, 4) is 11.1 Å². The van der Waals surface area contributed by atoms with Crippen molar-refractivity contribution in [1.82, 2.24) is 10.1 Å². The number of ether oxygens (including phenoxy) is 1. The van der Waals surface area contributed by atoms with Crippen LogP contribution in [0.5, 0.6) is 0 Å². The monoisotopic (exact) mass is 718 g/mol. The molecule has 1 fully saturated rings. The molecule has 1 aromatic heterocycles. The first-order chi connectivity index (χ1) is 23.1. The number of aromatic nitrogens is 1. The Morgan fingerprint density at radius 2 is 1.78 bits per heavy atom. The van der Waals surface area contributed by atoms with Crippen LogP contribution in [0.1, 0.15) is 68.7 Å². The van der Waals surface area contributed by atoms with Gasteiger partial charge in [-0.15, -0.1) is 0 Å². The summed E-state index contributed by atoms with van der Waals surface area (Å²) in [5.41, 5.74) is -1.54. The van der Waals surface area contributed by atoms with Crippen molar-refractivity contribution in [2.75, 3.05) is 17.6 Å². The molecule has 2 heterocycles. The van der Waals surface area contributed by atoms with Gasteiger partial charge in [0.25, 0.3) is 15.9 Å². The first-order valence-corrected chi connectivity index (χ1v) is 21.9. The van der Waals surface area contributed by atoms with Crippen LogP contribution in [0.4, 0.5) is 19.1 Å². The molecule has 0 bridgehead atoms. The average molecular weight is 719 g/mol. The third-order valence-corrected chi connectivity index (χ3v) is 12.5. The smallest absolute Gasteiger partial charge is 0.360 e. The Kier molecular flexibility index (Phi) is 10.8. The summed E-state index contributed by atoms with van der Waals surface area (Å²) < 4.78 is 85.1. The highest BCUT2D eigenvalue weighted by Gasteiger charge is 2.49. The first kappa shape index (κ1) is 36.8. The van der Waals surface area contributed by atoms with Crippen LogP contribution in [0.15, 0.2) is 62.9 Å². The van der Waals surface area contributed by atoms with Gasteiger partial charge in [-0.1, -0.05) is 81.3 Å². The minimum Gasteiger partial charge on any atom is -0.360 e. The fourth-order valence-electron chi connectivity index (χ4n) is 6.32. The normalized spacial score (nSPS) is 16.5. The van der Waals surface area contributed by atoms with Crippen LogP contribution in [0.3, 0.4) is 0 Å². The largest absolute Gasteiger partial charge is 0.417 e. The van der Waals surface area contributed by atoms with E-state index in [0.29, 0.717) is 37.4 Å². The summed E-state index contributed by atoms with van der Waals surface area (Å²) in [5, 5.41) is 3.83. The van der Waals surface area contributed by atoms with E-state index >= 15 is 0 Å². The number of amidine groups is 1. The maximum atomic E-state index is 14.8. The lowest BCUT2D eigenvalue weighted by Crippen LogP contribution is -2.40. The fraction of sp³-hybridized carbons (Fsp3) is 0.514. The lowest BCUT2D eigenvalue weighted by Gasteiger charge is -2.25. The number of halogens is 3. The number of unbranched alkanes of at least 4 members (excludes halogenated alkanes) is 1. The van der Waals surface area contributed by atoms with E-state index in [1.54, 1.807) is 11.8 Å². The molecule has 1 saturated carbocycles. The summed E-state index contributed by atoms with van der Waals surface area (Å²) in [5.74, 6) is 0.361. The van der Waals surface area contributed by atoms with Gasteiger partial charge in [-0.05, 0) is 55.5 Å². The Bertz CT molecular complexity index is 1800. The molecule has 0 saturated heterocycles. The van der Waals surface area contributed by atoms with Gasteiger partial charge in [0.2, 0.25) is 5.88 Å². The number of anilines is 1. The van der Waals surface area contributed by atoms with Crippen molar-refractivity contribution < 1.29 is 35.6 Å². The Balaban J connectivity index is 1.51. The summed E-state index contributed by atoms with van der Waals surface area (Å²) in [6.45, 7) is 10.0. The molecule has 0 unspecified atom stereocenters. The molecule has 2 aromatic carbocycles. The van der Waals surface area contributed by atoms with Crippen molar-refractivity contribution in [3.05, 3.63) is 65.4 Å². The number of rotatable bonds is 14. The minimum atomic E-state index is -4.83. The third-order valence-electron chi connectivity index (χ3n) is 9.02. The standard InChI is InChI=1S/C35H45F3N4O5SSi/c1-6-7-14-31-39-34(17-10-11-18-34)33(43)41(31)23-26-15-16-27(29(22-26)35(36,37)38)28-12-8-9-13-30(28)48(44,45)42(32-21-25(2)40-47-32)24-46-19-20-49(3,4)5/h8-9,12-13,15-16,21-22H,6-7,10-11,14,17-20,23-24H2,1-5H3.